The van der Waals surface area contributed by atoms with Crippen molar-refractivity contribution in [2.24, 2.45) is 0 Å². The molecule has 0 aliphatic carbocycles. The molecule has 6 heteroatoms. The lowest BCUT2D eigenvalue weighted by Gasteiger charge is -2.13. The van der Waals surface area contributed by atoms with Gasteiger partial charge in [0.25, 0.3) is 0 Å². The van der Waals surface area contributed by atoms with Gasteiger partial charge in [0.2, 0.25) is 5.91 Å². The monoisotopic (exact) mass is 405 g/mol. The predicted molar refractivity (Wildman–Crippen MR) is 114 cm³/mol. The fourth-order valence-electron chi connectivity index (χ4n) is 2.96. The first-order valence-electron chi connectivity index (χ1n) is 9.41. The number of rotatable bonds is 8. The lowest BCUT2D eigenvalue weighted by Crippen LogP contribution is -2.17. The van der Waals surface area contributed by atoms with Crippen LogP contribution in [0.2, 0.25) is 0 Å². The zero-order valence-electron chi connectivity index (χ0n) is 16.9. The number of para-hydroxylation sites is 1. The molecule has 3 aromatic rings. The van der Waals surface area contributed by atoms with Gasteiger partial charge in [-0.3, -0.25) is 4.79 Å². The van der Waals surface area contributed by atoms with E-state index in [0.29, 0.717) is 22.7 Å². The Labute approximate surface area is 175 Å². The molecule has 30 heavy (non-hydrogen) atoms. The second kappa shape index (κ2) is 10.1. The first kappa shape index (κ1) is 20.9. The summed E-state index contributed by atoms with van der Waals surface area (Å²) in [4.78, 5) is 25.1. The summed E-state index contributed by atoms with van der Waals surface area (Å²) in [6.07, 6.45) is 0.214. The number of esters is 1. The average Bonchev–Trinajstić information content (AvgIpc) is 2.78. The first-order chi connectivity index (χ1) is 14.6. The summed E-state index contributed by atoms with van der Waals surface area (Å²) >= 11 is 0. The Kier molecular flexibility index (Phi) is 7.05. The third-order valence-electron chi connectivity index (χ3n) is 4.47. The van der Waals surface area contributed by atoms with Gasteiger partial charge in [-0.1, -0.05) is 42.5 Å². The maximum Gasteiger partial charge on any atom is 0.340 e. The second-order valence-electron chi connectivity index (χ2n) is 6.51. The van der Waals surface area contributed by atoms with Crippen LogP contribution in [-0.2, 0) is 22.6 Å². The Morgan fingerprint density at radius 2 is 1.60 bits per heavy atom. The van der Waals surface area contributed by atoms with Crippen molar-refractivity contribution in [1.29, 1.82) is 0 Å². The summed E-state index contributed by atoms with van der Waals surface area (Å²) in [5.41, 5.74) is 2.25. The van der Waals surface area contributed by atoms with E-state index in [2.05, 4.69) is 5.32 Å². The minimum atomic E-state index is -0.546. The molecule has 3 rings (SSSR count). The molecule has 0 fully saturated rings. The summed E-state index contributed by atoms with van der Waals surface area (Å²) < 4.78 is 16.0. The fraction of sp³-hybridized carbons (Fsp3) is 0.167. The van der Waals surface area contributed by atoms with Crippen LogP contribution >= 0.6 is 0 Å². The number of anilines is 1. The number of nitrogens with one attached hydrogen (secondary N) is 1. The number of carbonyl (C=O) groups is 2. The fourth-order valence-corrected chi connectivity index (χ4v) is 2.96. The van der Waals surface area contributed by atoms with Crippen LogP contribution in [0.25, 0.3) is 0 Å². The lowest BCUT2D eigenvalue weighted by molar-refractivity contribution is -0.115. The number of benzene rings is 3. The first-order valence-corrected chi connectivity index (χ1v) is 9.41. The summed E-state index contributed by atoms with van der Waals surface area (Å²) in [6, 6.07) is 21.4. The van der Waals surface area contributed by atoms with Crippen molar-refractivity contribution in [3.8, 4) is 11.5 Å². The molecule has 0 aromatic heterocycles. The number of carbonyl (C=O) groups excluding carboxylic acids is 2. The lowest BCUT2D eigenvalue weighted by atomic mass is 10.1. The van der Waals surface area contributed by atoms with Gasteiger partial charge in [-0.2, -0.15) is 0 Å². The third-order valence-corrected chi connectivity index (χ3v) is 4.47. The number of methoxy groups -OCH3 is 2. The van der Waals surface area contributed by atoms with E-state index in [0.717, 1.165) is 5.56 Å². The van der Waals surface area contributed by atoms with Crippen molar-refractivity contribution < 1.29 is 23.8 Å². The Hall–Kier alpha value is -3.80. The maximum absolute atomic E-state index is 12.7. The van der Waals surface area contributed by atoms with E-state index in [9.17, 15) is 9.59 Å². The highest BCUT2D eigenvalue weighted by atomic mass is 16.5. The van der Waals surface area contributed by atoms with E-state index in [-0.39, 0.29) is 24.5 Å². The molecular formula is C24H23NO5. The summed E-state index contributed by atoms with van der Waals surface area (Å²) in [5, 5.41) is 2.79. The highest BCUT2D eigenvalue weighted by Crippen LogP contribution is 2.25. The third kappa shape index (κ3) is 5.38. The molecule has 0 radical (unpaired) electrons. The zero-order chi connectivity index (χ0) is 21.3. The van der Waals surface area contributed by atoms with Crippen LogP contribution in [0.5, 0.6) is 11.5 Å². The van der Waals surface area contributed by atoms with Crippen LogP contribution < -0.4 is 14.8 Å². The van der Waals surface area contributed by atoms with E-state index in [4.69, 9.17) is 14.2 Å². The molecule has 154 valence electrons. The minimum absolute atomic E-state index is 0.00546. The Balaban J connectivity index is 1.69. The maximum atomic E-state index is 12.7. The SMILES string of the molecule is COc1ccc(OC)c(COC(=O)c2ccccc2NC(=O)Cc2ccccc2)c1. The van der Waals surface area contributed by atoms with Crippen LogP contribution in [0.1, 0.15) is 21.5 Å². The number of amides is 1. The van der Waals surface area contributed by atoms with Crippen molar-refractivity contribution in [3.05, 3.63) is 89.5 Å². The van der Waals surface area contributed by atoms with Gasteiger partial charge < -0.3 is 19.5 Å². The van der Waals surface area contributed by atoms with Crippen LogP contribution in [0.3, 0.4) is 0 Å². The Bertz CT molecular complexity index is 1020. The average molecular weight is 405 g/mol. The van der Waals surface area contributed by atoms with Gasteiger partial charge in [0.15, 0.2) is 0 Å². The topological polar surface area (TPSA) is 73.9 Å². The van der Waals surface area contributed by atoms with Crippen LogP contribution in [0.4, 0.5) is 5.69 Å². The van der Waals surface area contributed by atoms with Gasteiger partial charge in [-0.25, -0.2) is 4.79 Å². The number of ether oxygens (including phenoxy) is 3. The van der Waals surface area contributed by atoms with E-state index in [1.807, 2.05) is 30.3 Å². The van der Waals surface area contributed by atoms with Gasteiger partial charge in [0.1, 0.15) is 18.1 Å². The molecule has 1 amide bonds. The minimum Gasteiger partial charge on any atom is -0.497 e. The summed E-state index contributed by atoms with van der Waals surface area (Å²) in [5.74, 6) is 0.467. The highest BCUT2D eigenvalue weighted by molar-refractivity contribution is 6.01. The van der Waals surface area contributed by atoms with Crippen molar-refractivity contribution in [1.82, 2.24) is 0 Å². The Morgan fingerprint density at radius 1 is 0.867 bits per heavy atom. The molecule has 1 N–H and O–H groups in total. The van der Waals surface area contributed by atoms with E-state index in [1.165, 1.54) is 0 Å². The predicted octanol–water partition coefficient (Wildman–Crippen LogP) is 4.24. The quantitative estimate of drug-likeness (QED) is 0.568. The van der Waals surface area contributed by atoms with Gasteiger partial charge in [-0.15, -0.1) is 0 Å². The largest absolute Gasteiger partial charge is 0.497 e. The molecule has 0 atom stereocenters. The molecule has 0 aliphatic rings. The van der Waals surface area contributed by atoms with E-state index < -0.39 is 5.97 Å². The van der Waals surface area contributed by atoms with E-state index in [1.54, 1.807) is 56.7 Å². The van der Waals surface area contributed by atoms with Crippen LogP contribution in [0, 0.1) is 0 Å². The van der Waals surface area contributed by atoms with E-state index >= 15 is 0 Å². The molecule has 6 nitrogen and oxygen atoms in total. The molecule has 3 aromatic carbocycles. The second-order valence-corrected chi connectivity index (χ2v) is 6.51. The van der Waals surface area contributed by atoms with Crippen molar-refractivity contribution in [3.63, 3.8) is 0 Å². The molecule has 0 spiro atoms. The smallest absolute Gasteiger partial charge is 0.340 e. The van der Waals surface area contributed by atoms with Crippen LogP contribution in [0.15, 0.2) is 72.8 Å². The number of hydrogen-bond acceptors (Lipinski definition) is 5. The van der Waals surface area contributed by atoms with Gasteiger partial charge in [0, 0.05) is 5.56 Å². The molecule has 0 bridgehead atoms. The molecular weight excluding hydrogens is 382 g/mol. The zero-order valence-corrected chi connectivity index (χ0v) is 16.9. The molecule has 0 saturated carbocycles. The van der Waals surface area contributed by atoms with Crippen LogP contribution in [-0.4, -0.2) is 26.1 Å². The normalized spacial score (nSPS) is 10.2. The van der Waals surface area contributed by atoms with Crippen molar-refractivity contribution in [2.75, 3.05) is 19.5 Å². The van der Waals surface area contributed by atoms with Gasteiger partial charge in [0.05, 0.1) is 31.9 Å². The summed E-state index contributed by atoms with van der Waals surface area (Å²) in [6.45, 7) is 0.00546. The van der Waals surface area contributed by atoms with Crippen molar-refractivity contribution in [2.45, 2.75) is 13.0 Å². The molecule has 0 aliphatic heterocycles. The Morgan fingerprint density at radius 3 is 2.33 bits per heavy atom. The van der Waals surface area contributed by atoms with Crippen molar-refractivity contribution >= 4 is 17.6 Å². The summed E-state index contributed by atoms with van der Waals surface area (Å²) in [7, 11) is 3.11. The molecule has 0 saturated heterocycles. The van der Waals surface area contributed by atoms with Gasteiger partial charge in [-0.05, 0) is 35.9 Å². The molecule has 0 heterocycles. The number of hydrogen-bond donors (Lipinski definition) is 1. The molecule has 0 unspecified atom stereocenters. The van der Waals surface area contributed by atoms with Gasteiger partial charge >= 0.3 is 5.97 Å². The standard InChI is InChI=1S/C24H23NO5/c1-28-19-12-13-22(29-2)18(15-19)16-30-24(27)20-10-6-7-11-21(20)25-23(26)14-17-8-4-3-5-9-17/h3-13,15H,14,16H2,1-2H3,(H,25,26). The highest BCUT2D eigenvalue weighted by Gasteiger charge is 2.16.